The number of nitrogens with zero attached hydrogens (tertiary/aromatic N) is 3. The molecule has 0 radical (unpaired) electrons. The highest BCUT2D eigenvalue weighted by atomic mass is 79.9. The molecule has 31 heavy (non-hydrogen) atoms. The molecule has 2 aromatic rings. The zero-order valence-corrected chi connectivity index (χ0v) is 19.4. The number of aromatic hydroxyl groups is 1. The first kappa shape index (κ1) is 22.2. The van der Waals surface area contributed by atoms with Gasteiger partial charge < -0.3 is 15.2 Å². The standard InChI is InChI=1S/C22H29BrN4O4/c1-14-2-4-16(5-3-14)25-21(29)18-19(28)17-12-15(23)13-24-20(17)27(22(18)30)7-6-26-8-10-31-11-9-26/h12-14,16,28H,2-11H2,1H3,(H,25,29)/t14-,16-. The molecule has 2 aromatic heterocycles. The molecular formula is C22H29BrN4O4. The summed E-state index contributed by atoms with van der Waals surface area (Å²) in [4.78, 5) is 33.0. The highest BCUT2D eigenvalue weighted by molar-refractivity contribution is 9.10. The summed E-state index contributed by atoms with van der Waals surface area (Å²) in [6.45, 7) is 6.18. The number of ether oxygens (including phenoxy) is 1. The monoisotopic (exact) mass is 492 g/mol. The first-order chi connectivity index (χ1) is 14.9. The van der Waals surface area contributed by atoms with Crippen LogP contribution in [0, 0.1) is 5.92 Å². The summed E-state index contributed by atoms with van der Waals surface area (Å²) in [6, 6.07) is 1.72. The maximum absolute atomic E-state index is 13.3. The Morgan fingerprint density at radius 3 is 2.68 bits per heavy atom. The highest BCUT2D eigenvalue weighted by Crippen LogP contribution is 2.29. The molecule has 8 nitrogen and oxygen atoms in total. The van der Waals surface area contributed by atoms with Gasteiger partial charge in [0.15, 0.2) is 0 Å². The van der Waals surface area contributed by atoms with E-state index < -0.39 is 11.5 Å². The van der Waals surface area contributed by atoms with Crippen molar-refractivity contribution in [2.45, 2.75) is 45.2 Å². The molecule has 1 saturated carbocycles. The van der Waals surface area contributed by atoms with E-state index in [0.717, 1.165) is 38.8 Å². The molecule has 3 heterocycles. The minimum absolute atomic E-state index is 0.0284. The van der Waals surface area contributed by atoms with E-state index in [2.05, 4.69) is 38.1 Å². The van der Waals surface area contributed by atoms with Gasteiger partial charge in [-0.3, -0.25) is 19.1 Å². The first-order valence-corrected chi connectivity index (χ1v) is 11.8. The molecule has 168 valence electrons. The van der Waals surface area contributed by atoms with E-state index in [9.17, 15) is 14.7 Å². The number of amides is 1. The van der Waals surface area contributed by atoms with E-state index >= 15 is 0 Å². The summed E-state index contributed by atoms with van der Waals surface area (Å²) in [7, 11) is 0. The maximum atomic E-state index is 13.3. The first-order valence-electron chi connectivity index (χ1n) is 11.0. The fraction of sp³-hybridized carbons (Fsp3) is 0.591. The Balaban J connectivity index is 1.67. The summed E-state index contributed by atoms with van der Waals surface area (Å²) < 4.78 is 7.57. The number of aromatic nitrogens is 2. The third-order valence-electron chi connectivity index (χ3n) is 6.36. The normalized spacial score (nSPS) is 22.5. The molecule has 1 aliphatic carbocycles. The molecule has 1 saturated heterocycles. The molecule has 2 fully saturated rings. The van der Waals surface area contributed by atoms with Crippen LogP contribution in [0.2, 0.25) is 0 Å². The van der Waals surface area contributed by atoms with Crippen LogP contribution in [0.3, 0.4) is 0 Å². The van der Waals surface area contributed by atoms with Gasteiger partial charge in [0.1, 0.15) is 17.0 Å². The minimum atomic E-state index is -0.510. The van der Waals surface area contributed by atoms with Gasteiger partial charge in [-0.25, -0.2) is 4.98 Å². The van der Waals surface area contributed by atoms with E-state index in [1.54, 1.807) is 12.3 Å². The van der Waals surface area contributed by atoms with Crippen LogP contribution in [0.5, 0.6) is 5.75 Å². The molecule has 2 aliphatic rings. The summed E-state index contributed by atoms with van der Waals surface area (Å²) >= 11 is 3.37. The zero-order valence-electron chi connectivity index (χ0n) is 17.8. The lowest BCUT2D eigenvalue weighted by Gasteiger charge is -2.27. The van der Waals surface area contributed by atoms with Crippen LogP contribution in [-0.2, 0) is 11.3 Å². The van der Waals surface area contributed by atoms with E-state index in [4.69, 9.17) is 4.74 Å². The number of halogens is 1. The van der Waals surface area contributed by atoms with Crippen LogP contribution in [0.4, 0.5) is 0 Å². The summed E-state index contributed by atoms with van der Waals surface area (Å²) in [6.07, 6.45) is 5.47. The van der Waals surface area contributed by atoms with Crippen LogP contribution in [0.15, 0.2) is 21.5 Å². The molecular weight excluding hydrogens is 464 g/mol. The predicted octanol–water partition coefficient (Wildman–Crippen LogP) is 2.51. The molecule has 0 bridgehead atoms. The Hall–Kier alpha value is -1.97. The Morgan fingerprint density at radius 1 is 1.26 bits per heavy atom. The van der Waals surface area contributed by atoms with Crippen LogP contribution in [0.25, 0.3) is 11.0 Å². The van der Waals surface area contributed by atoms with Gasteiger partial charge in [0, 0.05) is 42.9 Å². The lowest BCUT2D eigenvalue weighted by molar-refractivity contribution is 0.0364. The lowest BCUT2D eigenvalue weighted by atomic mass is 9.87. The SMILES string of the molecule is C[C@H]1CC[C@H](NC(=O)c2c(O)c3cc(Br)cnc3n(CCN3CCOCC3)c2=O)CC1. The van der Waals surface area contributed by atoms with Crippen molar-refractivity contribution in [1.29, 1.82) is 0 Å². The topological polar surface area (TPSA) is 96.7 Å². The summed E-state index contributed by atoms with van der Waals surface area (Å²) in [5.41, 5.74) is -0.329. The van der Waals surface area contributed by atoms with Gasteiger partial charge >= 0.3 is 0 Å². The molecule has 9 heteroatoms. The average molecular weight is 493 g/mol. The van der Waals surface area contributed by atoms with Gasteiger partial charge in [0.25, 0.3) is 11.5 Å². The third-order valence-corrected chi connectivity index (χ3v) is 6.80. The summed E-state index contributed by atoms with van der Waals surface area (Å²) in [5, 5.41) is 14.2. The predicted molar refractivity (Wildman–Crippen MR) is 122 cm³/mol. The number of pyridine rings is 2. The number of carbonyl (C=O) groups is 1. The van der Waals surface area contributed by atoms with Crippen molar-refractivity contribution in [3.8, 4) is 5.75 Å². The van der Waals surface area contributed by atoms with Crippen molar-refractivity contribution in [2.24, 2.45) is 5.92 Å². The van der Waals surface area contributed by atoms with Gasteiger partial charge in [-0.05, 0) is 53.6 Å². The minimum Gasteiger partial charge on any atom is -0.506 e. The van der Waals surface area contributed by atoms with Crippen molar-refractivity contribution < 1.29 is 14.6 Å². The fourth-order valence-electron chi connectivity index (χ4n) is 4.43. The Labute approximate surface area is 189 Å². The number of hydrogen-bond acceptors (Lipinski definition) is 6. The van der Waals surface area contributed by atoms with Crippen LogP contribution < -0.4 is 10.9 Å². The van der Waals surface area contributed by atoms with Gasteiger partial charge in [-0.1, -0.05) is 6.92 Å². The largest absolute Gasteiger partial charge is 0.506 e. The molecule has 4 rings (SSSR count). The molecule has 0 spiro atoms. The van der Waals surface area contributed by atoms with Crippen molar-refractivity contribution in [3.63, 3.8) is 0 Å². The Morgan fingerprint density at radius 2 is 1.97 bits per heavy atom. The van der Waals surface area contributed by atoms with E-state index in [1.165, 1.54) is 4.57 Å². The third kappa shape index (κ3) is 4.94. The van der Waals surface area contributed by atoms with Crippen LogP contribution >= 0.6 is 15.9 Å². The Kier molecular flexibility index (Phi) is 6.93. The maximum Gasteiger partial charge on any atom is 0.268 e. The fourth-order valence-corrected chi connectivity index (χ4v) is 4.76. The second kappa shape index (κ2) is 9.67. The average Bonchev–Trinajstić information content (AvgIpc) is 2.76. The molecule has 0 aromatic carbocycles. The van der Waals surface area contributed by atoms with E-state index in [-0.39, 0.29) is 17.4 Å². The lowest BCUT2D eigenvalue weighted by Crippen LogP contribution is -2.42. The van der Waals surface area contributed by atoms with Gasteiger partial charge in [-0.2, -0.15) is 0 Å². The smallest absolute Gasteiger partial charge is 0.268 e. The zero-order chi connectivity index (χ0) is 22.0. The van der Waals surface area contributed by atoms with Crippen molar-refractivity contribution >= 4 is 32.9 Å². The van der Waals surface area contributed by atoms with Gasteiger partial charge in [0.05, 0.1) is 18.6 Å². The second-order valence-electron chi connectivity index (χ2n) is 8.59. The molecule has 0 atom stereocenters. The highest BCUT2D eigenvalue weighted by Gasteiger charge is 2.27. The number of hydrogen-bond donors (Lipinski definition) is 2. The molecule has 1 aliphatic heterocycles. The number of carbonyl (C=O) groups excluding carboxylic acids is 1. The summed E-state index contributed by atoms with van der Waals surface area (Å²) in [5.74, 6) is -0.162. The number of morpholine rings is 1. The van der Waals surface area contributed by atoms with Crippen molar-refractivity contribution in [2.75, 3.05) is 32.8 Å². The van der Waals surface area contributed by atoms with Crippen LogP contribution in [-0.4, -0.2) is 64.4 Å². The molecule has 1 amide bonds. The Bertz CT molecular complexity index is 1010. The van der Waals surface area contributed by atoms with E-state index in [1.807, 2.05) is 0 Å². The number of rotatable bonds is 5. The second-order valence-corrected chi connectivity index (χ2v) is 9.51. The van der Waals surface area contributed by atoms with Gasteiger partial charge in [-0.15, -0.1) is 0 Å². The number of nitrogens with one attached hydrogen (secondary N) is 1. The van der Waals surface area contributed by atoms with E-state index in [0.29, 0.717) is 47.7 Å². The molecule has 0 unspecified atom stereocenters. The number of fused-ring (bicyclic) bond motifs is 1. The van der Waals surface area contributed by atoms with Crippen molar-refractivity contribution in [3.05, 3.63) is 32.7 Å². The van der Waals surface area contributed by atoms with Crippen LogP contribution in [0.1, 0.15) is 43.0 Å². The van der Waals surface area contributed by atoms with Crippen molar-refractivity contribution in [1.82, 2.24) is 19.8 Å². The quantitative estimate of drug-likeness (QED) is 0.665. The molecule has 2 N–H and O–H groups in total. The van der Waals surface area contributed by atoms with Gasteiger partial charge in [0.2, 0.25) is 0 Å².